The van der Waals surface area contributed by atoms with Crippen molar-refractivity contribution in [2.75, 3.05) is 36.4 Å². The van der Waals surface area contributed by atoms with E-state index in [0.717, 1.165) is 59.6 Å². The topological polar surface area (TPSA) is 49.3 Å². The number of benzene rings is 2. The molecular weight excluding hydrogens is 367 g/mol. The van der Waals surface area contributed by atoms with Crippen molar-refractivity contribution in [1.82, 2.24) is 9.88 Å². The van der Waals surface area contributed by atoms with E-state index in [9.17, 15) is 9.18 Å². The number of fused-ring (bicyclic) bond motifs is 1. The molecule has 2 aromatic carbocycles. The minimum atomic E-state index is -0.463. The number of amides is 1. The van der Waals surface area contributed by atoms with Gasteiger partial charge in [-0.05, 0) is 62.2 Å². The minimum absolute atomic E-state index is 0.119. The molecule has 1 aliphatic heterocycles. The lowest BCUT2D eigenvalue weighted by atomic mass is 10.1. The Morgan fingerprint density at radius 2 is 1.86 bits per heavy atom. The third-order valence-corrected chi connectivity index (χ3v) is 5.75. The highest BCUT2D eigenvalue weighted by Gasteiger charge is 2.20. The molecule has 1 aromatic heterocycles. The van der Waals surface area contributed by atoms with Crippen molar-refractivity contribution in [3.63, 3.8) is 0 Å². The number of rotatable bonds is 4. The fraction of sp³-hybridized carbons (Fsp3) is 0.348. The molecule has 152 valence electrons. The van der Waals surface area contributed by atoms with Crippen molar-refractivity contribution in [3.05, 3.63) is 59.5 Å². The highest BCUT2D eigenvalue weighted by atomic mass is 19.1. The van der Waals surface area contributed by atoms with E-state index in [4.69, 9.17) is 0 Å². The van der Waals surface area contributed by atoms with Crippen LogP contribution in [-0.4, -0.2) is 36.7 Å². The summed E-state index contributed by atoms with van der Waals surface area (Å²) in [5.41, 5.74) is 4.71. The van der Waals surface area contributed by atoms with Crippen LogP contribution in [-0.2, 0) is 4.79 Å². The number of aromatic nitrogens is 1. The molecule has 2 N–H and O–H groups in total. The number of aryl methyl sites for hydroxylation is 2. The highest BCUT2D eigenvalue weighted by Crippen LogP contribution is 2.28. The van der Waals surface area contributed by atoms with Crippen molar-refractivity contribution < 1.29 is 9.18 Å². The number of halogens is 1. The van der Waals surface area contributed by atoms with Crippen LogP contribution in [0.15, 0.2) is 42.6 Å². The number of carbonyl (C=O) groups excluding carboxylic acids is 1. The molecular formula is C23H27FN4O. The van der Waals surface area contributed by atoms with Crippen LogP contribution in [0.1, 0.15) is 24.1 Å². The van der Waals surface area contributed by atoms with Gasteiger partial charge in [0.05, 0.1) is 5.52 Å². The Bertz CT molecular complexity index is 1050. The molecule has 0 saturated carbocycles. The van der Waals surface area contributed by atoms with E-state index in [2.05, 4.69) is 21.6 Å². The van der Waals surface area contributed by atoms with Crippen molar-refractivity contribution in [3.8, 4) is 0 Å². The van der Waals surface area contributed by atoms with Crippen LogP contribution in [0.2, 0.25) is 0 Å². The Kier molecular flexibility index (Phi) is 5.28. The SMILES string of the molecule is Cc1ccc(N2CCNCC2)cc1NC(=O)C(C)n1cc(C)c2ccc(F)cc21. The summed E-state index contributed by atoms with van der Waals surface area (Å²) < 4.78 is 15.6. The van der Waals surface area contributed by atoms with Crippen LogP contribution in [0.3, 0.4) is 0 Å². The molecule has 1 fully saturated rings. The van der Waals surface area contributed by atoms with E-state index in [-0.39, 0.29) is 11.7 Å². The van der Waals surface area contributed by atoms with Gasteiger partial charge in [0.2, 0.25) is 5.91 Å². The van der Waals surface area contributed by atoms with Crippen LogP contribution < -0.4 is 15.5 Å². The standard InChI is InChI=1S/C23H27FN4O/c1-15-4-6-19(27-10-8-25-9-11-27)13-21(15)26-23(29)17(3)28-14-16(2)20-7-5-18(24)12-22(20)28/h4-7,12-14,17,25H,8-11H2,1-3H3,(H,26,29). The second-order valence-corrected chi connectivity index (χ2v) is 7.78. The fourth-order valence-corrected chi connectivity index (χ4v) is 3.95. The smallest absolute Gasteiger partial charge is 0.247 e. The van der Waals surface area contributed by atoms with Gasteiger partial charge in [-0.15, -0.1) is 0 Å². The fourth-order valence-electron chi connectivity index (χ4n) is 3.95. The highest BCUT2D eigenvalue weighted by molar-refractivity contribution is 5.96. The molecule has 1 saturated heterocycles. The second kappa shape index (κ2) is 7.87. The average Bonchev–Trinajstić information content (AvgIpc) is 3.05. The van der Waals surface area contributed by atoms with Gasteiger partial charge in [0.25, 0.3) is 0 Å². The number of hydrogen-bond donors (Lipinski definition) is 2. The first kappa shape index (κ1) is 19.5. The minimum Gasteiger partial charge on any atom is -0.369 e. The van der Waals surface area contributed by atoms with Gasteiger partial charge in [0, 0.05) is 49.1 Å². The van der Waals surface area contributed by atoms with E-state index < -0.39 is 6.04 Å². The van der Waals surface area contributed by atoms with E-state index in [0.29, 0.717) is 0 Å². The summed E-state index contributed by atoms with van der Waals surface area (Å²) in [5, 5.41) is 7.40. The lowest BCUT2D eigenvalue weighted by molar-refractivity contribution is -0.118. The zero-order valence-electron chi connectivity index (χ0n) is 17.1. The van der Waals surface area contributed by atoms with Gasteiger partial charge in [0.15, 0.2) is 0 Å². The molecule has 0 spiro atoms. The Labute approximate surface area is 170 Å². The Morgan fingerprint density at radius 3 is 2.62 bits per heavy atom. The van der Waals surface area contributed by atoms with Crippen LogP contribution >= 0.6 is 0 Å². The van der Waals surface area contributed by atoms with E-state index in [1.165, 1.54) is 12.1 Å². The first-order valence-electron chi connectivity index (χ1n) is 10.1. The van der Waals surface area contributed by atoms with Crippen molar-refractivity contribution >= 4 is 28.2 Å². The molecule has 29 heavy (non-hydrogen) atoms. The number of piperazine rings is 1. The molecule has 0 aliphatic carbocycles. The number of nitrogens with one attached hydrogen (secondary N) is 2. The molecule has 1 unspecified atom stereocenters. The monoisotopic (exact) mass is 394 g/mol. The van der Waals surface area contributed by atoms with Crippen LogP contribution in [0, 0.1) is 19.7 Å². The van der Waals surface area contributed by atoms with Crippen LogP contribution in [0.5, 0.6) is 0 Å². The van der Waals surface area contributed by atoms with Gasteiger partial charge in [0.1, 0.15) is 11.9 Å². The summed E-state index contributed by atoms with van der Waals surface area (Å²) >= 11 is 0. The number of anilines is 2. The summed E-state index contributed by atoms with van der Waals surface area (Å²) in [5.74, 6) is -0.421. The molecule has 5 nitrogen and oxygen atoms in total. The predicted octanol–water partition coefficient (Wildman–Crippen LogP) is 4.01. The third kappa shape index (κ3) is 3.85. The van der Waals surface area contributed by atoms with E-state index >= 15 is 0 Å². The van der Waals surface area contributed by atoms with Gasteiger partial charge in [-0.2, -0.15) is 0 Å². The molecule has 2 heterocycles. The summed E-state index contributed by atoms with van der Waals surface area (Å²) in [4.78, 5) is 15.4. The number of nitrogens with zero attached hydrogens (tertiary/aromatic N) is 2. The molecule has 4 rings (SSSR count). The molecule has 0 bridgehead atoms. The Morgan fingerprint density at radius 1 is 1.10 bits per heavy atom. The van der Waals surface area contributed by atoms with E-state index in [1.54, 1.807) is 6.07 Å². The Hall–Kier alpha value is -2.86. The van der Waals surface area contributed by atoms with Crippen LogP contribution in [0.25, 0.3) is 10.9 Å². The predicted molar refractivity (Wildman–Crippen MR) is 116 cm³/mol. The van der Waals surface area contributed by atoms with Gasteiger partial charge < -0.3 is 20.1 Å². The zero-order valence-corrected chi connectivity index (χ0v) is 17.1. The first-order chi connectivity index (χ1) is 13.9. The van der Waals surface area contributed by atoms with Crippen LogP contribution in [0.4, 0.5) is 15.8 Å². The normalized spacial score (nSPS) is 15.5. The van der Waals surface area contributed by atoms with Crippen molar-refractivity contribution in [2.45, 2.75) is 26.8 Å². The summed E-state index contributed by atoms with van der Waals surface area (Å²) in [6.45, 7) is 9.63. The third-order valence-electron chi connectivity index (χ3n) is 5.75. The maximum absolute atomic E-state index is 13.8. The van der Waals surface area contributed by atoms with E-state index in [1.807, 2.05) is 43.7 Å². The largest absolute Gasteiger partial charge is 0.369 e. The number of hydrogen-bond acceptors (Lipinski definition) is 3. The molecule has 6 heteroatoms. The van der Waals surface area contributed by atoms with Gasteiger partial charge in [-0.3, -0.25) is 4.79 Å². The molecule has 3 aromatic rings. The maximum Gasteiger partial charge on any atom is 0.247 e. The maximum atomic E-state index is 13.8. The Balaban J connectivity index is 1.59. The average molecular weight is 394 g/mol. The van der Waals surface area contributed by atoms with Crippen molar-refractivity contribution in [1.29, 1.82) is 0 Å². The van der Waals surface area contributed by atoms with Gasteiger partial charge in [-0.1, -0.05) is 6.07 Å². The summed E-state index contributed by atoms with van der Waals surface area (Å²) in [7, 11) is 0. The zero-order chi connectivity index (χ0) is 20.5. The van der Waals surface area contributed by atoms with Crippen molar-refractivity contribution in [2.24, 2.45) is 0 Å². The first-order valence-corrected chi connectivity index (χ1v) is 10.1. The molecule has 1 amide bonds. The summed E-state index contributed by atoms with van der Waals surface area (Å²) in [6.07, 6.45) is 1.92. The van der Waals surface area contributed by atoms with Gasteiger partial charge >= 0.3 is 0 Å². The molecule has 0 radical (unpaired) electrons. The lowest BCUT2D eigenvalue weighted by Crippen LogP contribution is -2.43. The second-order valence-electron chi connectivity index (χ2n) is 7.78. The quantitative estimate of drug-likeness (QED) is 0.703. The molecule has 1 aliphatic rings. The number of carbonyl (C=O) groups is 1. The lowest BCUT2D eigenvalue weighted by Gasteiger charge is -2.30. The van der Waals surface area contributed by atoms with Gasteiger partial charge in [-0.25, -0.2) is 4.39 Å². The summed E-state index contributed by atoms with van der Waals surface area (Å²) in [6, 6.07) is 10.4. The molecule has 1 atom stereocenters.